The second kappa shape index (κ2) is 10.9. The first kappa shape index (κ1) is 24.7. The highest BCUT2D eigenvalue weighted by Crippen LogP contribution is 2.26. The molecular weight excluding hydrogens is 454 g/mol. The Morgan fingerprint density at radius 1 is 1.08 bits per heavy atom. The molecule has 0 radical (unpaired) electrons. The molecule has 0 saturated heterocycles. The van der Waals surface area contributed by atoms with Gasteiger partial charge in [-0.25, -0.2) is 0 Å². The predicted octanol–water partition coefficient (Wildman–Crippen LogP) is 4.12. The first-order valence-corrected chi connectivity index (χ1v) is 11.9. The van der Waals surface area contributed by atoms with Crippen molar-refractivity contribution in [3.8, 4) is 11.8 Å². The highest BCUT2D eigenvalue weighted by atomic mass is 16.5. The van der Waals surface area contributed by atoms with Crippen molar-refractivity contribution < 1.29 is 14.3 Å². The normalized spacial score (nSPS) is 12.8. The van der Waals surface area contributed by atoms with Gasteiger partial charge in [0.2, 0.25) is 5.91 Å². The number of nitriles is 1. The molecule has 0 aliphatic rings. The van der Waals surface area contributed by atoms with Crippen molar-refractivity contribution in [3.05, 3.63) is 72.2 Å². The number of amides is 2. The molecule has 4 rings (SSSR count). The van der Waals surface area contributed by atoms with Crippen LogP contribution in [-0.2, 0) is 11.2 Å². The van der Waals surface area contributed by atoms with Gasteiger partial charge in [-0.2, -0.15) is 5.26 Å². The number of aromatic amines is 1. The van der Waals surface area contributed by atoms with Gasteiger partial charge in [-0.05, 0) is 41.5 Å². The minimum atomic E-state index is -0.799. The summed E-state index contributed by atoms with van der Waals surface area (Å²) in [5.41, 5.74) is 1.96. The van der Waals surface area contributed by atoms with Crippen LogP contribution in [0.15, 0.2) is 60.9 Å². The van der Waals surface area contributed by atoms with Crippen LogP contribution in [0.1, 0.15) is 36.3 Å². The van der Waals surface area contributed by atoms with Gasteiger partial charge in [-0.3, -0.25) is 14.6 Å². The average molecular weight is 484 g/mol. The number of hydrogen-bond donors (Lipinski definition) is 3. The number of aromatic nitrogens is 2. The van der Waals surface area contributed by atoms with Crippen LogP contribution >= 0.6 is 0 Å². The zero-order chi connectivity index (χ0) is 25.7. The molecule has 3 N–H and O–H groups in total. The molecule has 0 aliphatic carbocycles. The van der Waals surface area contributed by atoms with E-state index >= 15 is 0 Å². The number of H-pyrrole nitrogens is 1. The Kier molecular flexibility index (Phi) is 7.50. The lowest BCUT2D eigenvalue weighted by Crippen LogP contribution is -2.50. The first-order valence-electron chi connectivity index (χ1n) is 11.9. The molecule has 8 heteroatoms. The molecule has 4 aromatic rings. The zero-order valence-electron chi connectivity index (χ0n) is 20.5. The Hall–Kier alpha value is -4.38. The maximum absolute atomic E-state index is 13.2. The Labute approximate surface area is 209 Å². The van der Waals surface area contributed by atoms with Crippen LogP contribution in [-0.4, -0.2) is 41.0 Å². The number of methoxy groups -OCH3 is 1. The van der Waals surface area contributed by atoms with E-state index in [1.807, 2.05) is 56.3 Å². The van der Waals surface area contributed by atoms with Crippen LogP contribution in [0.5, 0.6) is 5.75 Å². The lowest BCUT2D eigenvalue weighted by atomic mass is 10.00. The van der Waals surface area contributed by atoms with Crippen LogP contribution in [0.2, 0.25) is 0 Å². The molecule has 0 fully saturated rings. The van der Waals surface area contributed by atoms with Crippen molar-refractivity contribution in [2.75, 3.05) is 7.11 Å². The summed E-state index contributed by atoms with van der Waals surface area (Å²) in [4.78, 5) is 33.6. The van der Waals surface area contributed by atoms with Crippen LogP contribution in [0.4, 0.5) is 0 Å². The van der Waals surface area contributed by atoms with Crippen molar-refractivity contribution in [3.63, 3.8) is 0 Å². The lowest BCUT2D eigenvalue weighted by Gasteiger charge is -2.22. The van der Waals surface area contributed by atoms with Gasteiger partial charge in [0.05, 0.1) is 13.2 Å². The van der Waals surface area contributed by atoms with Crippen molar-refractivity contribution in [2.24, 2.45) is 5.92 Å². The number of hydrogen-bond acceptors (Lipinski definition) is 5. The van der Waals surface area contributed by atoms with Crippen molar-refractivity contribution >= 4 is 33.5 Å². The quantitative estimate of drug-likeness (QED) is 0.331. The molecule has 1 unspecified atom stereocenters. The summed E-state index contributed by atoms with van der Waals surface area (Å²) in [6.07, 6.45) is 4.22. The van der Waals surface area contributed by atoms with E-state index < -0.39 is 23.9 Å². The third-order valence-electron chi connectivity index (χ3n) is 6.06. The van der Waals surface area contributed by atoms with Crippen LogP contribution < -0.4 is 15.4 Å². The lowest BCUT2D eigenvalue weighted by molar-refractivity contribution is -0.123. The first-order chi connectivity index (χ1) is 17.4. The molecule has 0 saturated carbocycles. The Bertz CT molecular complexity index is 1430. The van der Waals surface area contributed by atoms with E-state index in [0.29, 0.717) is 24.3 Å². The topological polar surface area (TPSA) is 120 Å². The fourth-order valence-electron chi connectivity index (χ4n) is 4.33. The van der Waals surface area contributed by atoms with Gasteiger partial charge >= 0.3 is 0 Å². The third kappa shape index (κ3) is 5.47. The van der Waals surface area contributed by atoms with E-state index in [2.05, 4.69) is 26.7 Å². The molecule has 2 aromatic carbocycles. The Morgan fingerprint density at radius 3 is 2.64 bits per heavy atom. The van der Waals surface area contributed by atoms with E-state index in [-0.39, 0.29) is 5.92 Å². The predicted molar refractivity (Wildman–Crippen MR) is 139 cm³/mol. The second-order valence-electron chi connectivity index (χ2n) is 9.17. The molecule has 8 nitrogen and oxygen atoms in total. The van der Waals surface area contributed by atoms with Crippen LogP contribution in [0, 0.1) is 17.2 Å². The van der Waals surface area contributed by atoms with E-state index in [1.54, 1.807) is 25.6 Å². The molecule has 184 valence electrons. The largest absolute Gasteiger partial charge is 0.496 e. The van der Waals surface area contributed by atoms with E-state index in [4.69, 9.17) is 4.74 Å². The molecule has 2 atom stereocenters. The average Bonchev–Trinajstić information content (AvgIpc) is 3.32. The number of carbonyl (C=O) groups excluding carboxylic acids is 2. The number of nitrogens with one attached hydrogen (secondary N) is 3. The third-order valence-corrected chi connectivity index (χ3v) is 6.06. The highest BCUT2D eigenvalue weighted by Gasteiger charge is 2.26. The minimum absolute atomic E-state index is 0.145. The standard InChI is InChI=1S/C28H29N5O3/c1-17(2)11-24(33-28(35)25-13-22-23(32-25)9-6-10-26(22)36-3)27(34)31-20(14-29)12-19-16-30-15-18-7-4-5-8-21(18)19/h4-10,13,15-17,20,24,32H,11-12H2,1-3H3,(H,31,34)(H,33,35)/t20?,24-/m0/s1. The van der Waals surface area contributed by atoms with Gasteiger partial charge < -0.3 is 20.4 Å². The van der Waals surface area contributed by atoms with Gasteiger partial charge in [-0.1, -0.05) is 44.2 Å². The summed E-state index contributed by atoms with van der Waals surface area (Å²) in [5.74, 6) is -0.00276. The maximum Gasteiger partial charge on any atom is 0.268 e. The summed E-state index contributed by atoms with van der Waals surface area (Å²) in [6.45, 7) is 3.95. The summed E-state index contributed by atoms with van der Waals surface area (Å²) < 4.78 is 5.37. The summed E-state index contributed by atoms with van der Waals surface area (Å²) in [6, 6.07) is 15.6. The maximum atomic E-state index is 13.2. The molecule has 2 amide bonds. The van der Waals surface area contributed by atoms with Crippen LogP contribution in [0.3, 0.4) is 0 Å². The molecule has 2 aromatic heterocycles. The second-order valence-corrected chi connectivity index (χ2v) is 9.17. The molecular formula is C28H29N5O3. The highest BCUT2D eigenvalue weighted by molar-refractivity contribution is 6.01. The molecule has 2 heterocycles. The smallest absolute Gasteiger partial charge is 0.268 e. The van der Waals surface area contributed by atoms with Gasteiger partial charge in [0.1, 0.15) is 23.5 Å². The summed E-state index contributed by atoms with van der Waals surface area (Å²) >= 11 is 0. The number of benzene rings is 2. The van der Waals surface area contributed by atoms with Gasteiger partial charge in [0, 0.05) is 35.1 Å². The van der Waals surface area contributed by atoms with E-state index in [9.17, 15) is 14.9 Å². The fraction of sp³-hybridized carbons (Fsp3) is 0.286. The number of carbonyl (C=O) groups is 2. The molecule has 0 aliphatic heterocycles. The number of pyridine rings is 1. The van der Waals surface area contributed by atoms with Crippen molar-refractivity contribution in [1.29, 1.82) is 5.26 Å². The summed E-state index contributed by atoms with van der Waals surface area (Å²) in [7, 11) is 1.57. The minimum Gasteiger partial charge on any atom is -0.496 e. The van der Waals surface area contributed by atoms with Crippen molar-refractivity contribution in [1.82, 2.24) is 20.6 Å². The van der Waals surface area contributed by atoms with Crippen molar-refractivity contribution in [2.45, 2.75) is 38.8 Å². The molecule has 36 heavy (non-hydrogen) atoms. The Balaban J connectivity index is 1.50. The monoisotopic (exact) mass is 483 g/mol. The van der Waals surface area contributed by atoms with Gasteiger partial charge in [0.15, 0.2) is 0 Å². The van der Waals surface area contributed by atoms with E-state index in [0.717, 1.165) is 27.2 Å². The SMILES string of the molecule is COc1cccc2[nH]c(C(=O)N[C@@H](CC(C)C)C(=O)NC(C#N)Cc3cncc4ccccc34)cc12. The number of rotatable bonds is 9. The van der Waals surface area contributed by atoms with E-state index in [1.165, 1.54) is 0 Å². The van der Waals surface area contributed by atoms with Gasteiger partial charge in [-0.15, -0.1) is 0 Å². The zero-order valence-corrected chi connectivity index (χ0v) is 20.5. The summed E-state index contributed by atoms with van der Waals surface area (Å²) in [5, 5.41) is 18.2. The number of ether oxygens (including phenoxy) is 1. The molecule has 0 bridgehead atoms. The van der Waals surface area contributed by atoms with Crippen LogP contribution in [0.25, 0.3) is 21.7 Å². The molecule has 0 spiro atoms. The number of nitrogens with zero attached hydrogens (tertiary/aromatic N) is 2. The van der Waals surface area contributed by atoms with Gasteiger partial charge in [0.25, 0.3) is 5.91 Å². The fourth-order valence-corrected chi connectivity index (χ4v) is 4.33. The number of fused-ring (bicyclic) bond motifs is 2. The Morgan fingerprint density at radius 2 is 1.89 bits per heavy atom.